The minimum absolute atomic E-state index is 0. The Hall–Kier alpha value is 1.40. The largest absolute Gasteiger partial charge is 1.00 e. The third-order valence-electron chi connectivity index (χ3n) is 11.6. The summed E-state index contributed by atoms with van der Waals surface area (Å²) in [5.74, 6) is 6.84. The third kappa shape index (κ3) is 3.59. The van der Waals surface area contributed by atoms with Crippen molar-refractivity contribution >= 4 is 6.35 Å². The number of rotatable bonds is 5. The molecule has 6 fully saturated rings. The quantitative estimate of drug-likeness (QED) is 0.459. The average molecular weight is 425 g/mol. The zero-order valence-electron chi connectivity index (χ0n) is 21.2. The molecule has 0 amide bonds. The van der Waals surface area contributed by atoms with Gasteiger partial charge in [-0.2, -0.15) is 0 Å². The van der Waals surface area contributed by atoms with Crippen LogP contribution in [0.4, 0.5) is 0 Å². The maximum atomic E-state index is 6.80. The fourth-order valence-corrected chi connectivity index (χ4v) is 9.40. The van der Waals surface area contributed by atoms with Gasteiger partial charge in [0.1, 0.15) is 6.35 Å². The SMILES string of the molecule is CO[B-](CC=C(C)C)([C@@H]1C[C@@H]2C[C@H]([C@H]1C)C2(C)C)[C@@H]1C[C@@H]2C[C@H]([C@H]1C)C2(C)C.[K+]. The molecule has 0 radical (unpaired) electrons. The molecular formula is C26H46BKO. The first kappa shape index (κ1) is 25.0. The van der Waals surface area contributed by atoms with Gasteiger partial charge in [-0.15, -0.1) is 24.0 Å². The molecule has 29 heavy (non-hydrogen) atoms. The van der Waals surface area contributed by atoms with Gasteiger partial charge in [-0.3, -0.25) is 0 Å². The second-order valence-electron chi connectivity index (χ2n) is 13.1. The van der Waals surface area contributed by atoms with Gasteiger partial charge in [-0.05, 0) is 68.3 Å². The molecular weight excluding hydrogens is 378 g/mol. The van der Waals surface area contributed by atoms with Crippen LogP contribution in [0.15, 0.2) is 11.6 Å². The van der Waals surface area contributed by atoms with Gasteiger partial charge in [0.2, 0.25) is 0 Å². The van der Waals surface area contributed by atoms with E-state index >= 15 is 0 Å². The van der Waals surface area contributed by atoms with E-state index < -0.39 is 6.35 Å². The van der Waals surface area contributed by atoms with Crippen molar-refractivity contribution in [2.45, 2.75) is 99.0 Å². The number of hydrogen-bond donors (Lipinski definition) is 0. The molecule has 0 aromatic heterocycles. The van der Waals surface area contributed by atoms with Crippen LogP contribution in [0.3, 0.4) is 0 Å². The van der Waals surface area contributed by atoms with E-state index in [1.54, 1.807) is 0 Å². The summed E-state index contributed by atoms with van der Waals surface area (Å²) in [5, 5.41) is 0. The Kier molecular flexibility index (Phi) is 7.18. The van der Waals surface area contributed by atoms with Crippen LogP contribution in [0.2, 0.25) is 18.0 Å². The summed E-state index contributed by atoms with van der Waals surface area (Å²) in [7, 11) is 2.08. The molecule has 6 saturated carbocycles. The molecule has 0 aliphatic heterocycles. The second kappa shape index (κ2) is 8.32. The van der Waals surface area contributed by atoms with Gasteiger partial charge in [-0.25, -0.2) is 0 Å². The van der Waals surface area contributed by atoms with Crippen LogP contribution < -0.4 is 51.4 Å². The summed E-state index contributed by atoms with van der Waals surface area (Å²) in [4.78, 5) is 0. The Morgan fingerprint density at radius 2 is 1.28 bits per heavy atom. The Labute approximate surface area is 224 Å². The van der Waals surface area contributed by atoms with Gasteiger partial charge < -0.3 is 4.65 Å². The topological polar surface area (TPSA) is 9.23 Å². The molecule has 160 valence electrons. The molecule has 0 heterocycles. The molecule has 1 nitrogen and oxygen atoms in total. The van der Waals surface area contributed by atoms with E-state index in [1.165, 1.54) is 37.6 Å². The Bertz CT molecular complexity index is 607. The maximum absolute atomic E-state index is 6.80. The van der Waals surface area contributed by atoms with Gasteiger partial charge in [0.15, 0.2) is 0 Å². The van der Waals surface area contributed by atoms with E-state index in [1.807, 2.05) is 0 Å². The Morgan fingerprint density at radius 3 is 1.55 bits per heavy atom. The van der Waals surface area contributed by atoms with Crippen molar-refractivity contribution in [1.82, 2.24) is 0 Å². The summed E-state index contributed by atoms with van der Waals surface area (Å²) >= 11 is 0. The van der Waals surface area contributed by atoms with Gasteiger partial charge >= 0.3 is 51.4 Å². The van der Waals surface area contributed by atoms with Crippen LogP contribution in [0, 0.1) is 46.3 Å². The predicted octanol–water partition coefficient (Wildman–Crippen LogP) is 4.69. The molecule has 0 aromatic carbocycles. The van der Waals surface area contributed by atoms with Gasteiger partial charge in [0, 0.05) is 0 Å². The van der Waals surface area contributed by atoms with E-state index in [2.05, 4.69) is 68.6 Å². The summed E-state index contributed by atoms with van der Waals surface area (Å²) in [5.41, 5.74) is 2.58. The van der Waals surface area contributed by atoms with Crippen molar-refractivity contribution < 1.29 is 56.0 Å². The smallest absolute Gasteiger partial charge is 0.592 e. The fourth-order valence-electron chi connectivity index (χ4n) is 9.40. The third-order valence-corrected chi connectivity index (χ3v) is 11.6. The van der Waals surface area contributed by atoms with Crippen LogP contribution >= 0.6 is 0 Å². The van der Waals surface area contributed by atoms with E-state index in [0.29, 0.717) is 10.8 Å². The van der Waals surface area contributed by atoms with Crippen LogP contribution in [0.5, 0.6) is 0 Å². The van der Waals surface area contributed by atoms with Crippen molar-refractivity contribution in [1.29, 1.82) is 0 Å². The Balaban J connectivity index is 0.00000240. The second-order valence-corrected chi connectivity index (χ2v) is 13.1. The van der Waals surface area contributed by atoms with Crippen molar-refractivity contribution in [2.75, 3.05) is 7.11 Å². The molecule has 0 aromatic rings. The van der Waals surface area contributed by atoms with E-state index in [4.69, 9.17) is 4.65 Å². The average Bonchev–Trinajstić information content (AvgIpc) is 2.62. The minimum atomic E-state index is -0.825. The first-order valence-electron chi connectivity index (χ1n) is 12.3. The van der Waals surface area contributed by atoms with Crippen LogP contribution in [0.1, 0.15) is 81.1 Å². The summed E-state index contributed by atoms with van der Waals surface area (Å²) in [6.07, 6.45) is 8.66. The molecule has 0 unspecified atom stereocenters. The van der Waals surface area contributed by atoms with E-state index in [9.17, 15) is 0 Å². The van der Waals surface area contributed by atoms with Gasteiger partial charge in [0.05, 0.1) is 0 Å². The predicted molar refractivity (Wildman–Crippen MR) is 123 cm³/mol. The van der Waals surface area contributed by atoms with Crippen LogP contribution in [-0.2, 0) is 4.65 Å². The molecule has 3 heteroatoms. The summed E-state index contributed by atoms with van der Waals surface area (Å²) < 4.78 is 6.80. The number of hydrogen-bond acceptors (Lipinski definition) is 1. The Morgan fingerprint density at radius 1 is 0.862 bits per heavy atom. The van der Waals surface area contributed by atoms with Crippen molar-refractivity contribution in [3.05, 3.63) is 11.6 Å². The number of allylic oxidation sites excluding steroid dienone is 2. The standard InChI is InChI=1S/C26H46BO.K/c1-16(2)10-11-27(28-9,23-14-19-12-21(17(23)3)25(19,5)6)24-15-20-13-22(18(24)4)26(20,7)8;/h10,17-24H,11-15H2,1-9H3;/q-1;+1/t17-,18-,19+,20+,21-,22-,23-,24-;/m1./s1. The zero-order valence-corrected chi connectivity index (χ0v) is 24.3. The molecule has 6 rings (SSSR count). The molecule has 6 aliphatic carbocycles. The van der Waals surface area contributed by atoms with Gasteiger partial charge in [0.25, 0.3) is 0 Å². The number of fused-ring (bicyclic) bond motifs is 4. The minimum Gasteiger partial charge on any atom is -0.592 e. The van der Waals surface area contributed by atoms with Crippen LogP contribution in [0.25, 0.3) is 0 Å². The first-order chi connectivity index (χ1) is 13.0. The monoisotopic (exact) mass is 424 g/mol. The summed E-state index contributed by atoms with van der Waals surface area (Å²) in [6.45, 7) is 19.9. The molecule has 0 spiro atoms. The van der Waals surface area contributed by atoms with Crippen LogP contribution in [-0.4, -0.2) is 13.5 Å². The summed E-state index contributed by atoms with van der Waals surface area (Å²) in [6, 6.07) is 0. The van der Waals surface area contributed by atoms with Crippen molar-refractivity contribution in [2.24, 2.45) is 46.3 Å². The fraction of sp³-hybridized carbons (Fsp3) is 0.923. The van der Waals surface area contributed by atoms with E-state index in [-0.39, 0.29) is 51.4 Å². The maximum Gasteiger partial charge on any atom is 1.00 e. The van der Waals surface area contributed by atoms with Crippen molar-refractivity contribution in [3.63, 3.8) is 0 Å². The molecule has 0 saturated heterocycles. The van der Waals surface area contributed by atoms with E-state index in [0.717, 1.165) is 47.1 Å². The molecule has 6 aliphatic rings. The van der Waals surface area contributed by atoms with Gasteiger partial charge in [-0.1, -0.05) is 71.8 Å². The molecule has 8 atom stereocenters. The molecule has 4 bridgehead atoms. The first-order valence-corrected chi connectivity index (χ1v) is 12.3. The molecule has 0 N–H and O–H groups in total. The van der Waals surface area contributed by atoms with Crippen molar-refractivity contribution in [3.8, 4) is 0 Å². The zero-order chi connectivity index (χ0) is 20.6. The normalized spacial score (nSPS) is 44.0.